The van der Waals surface area contributed by atoms with Gasteiger partial charge in [-0.1, -0.05) is 20.8 Å². The van der Waals surface area contributed by atoms with Crippen molar-refractivity contribution in [2.75, 3.05) is 39.3 Å². The molecule has 2 aliphatic rings. The molecule has 118 valence electrons. The minimum atomic E-state index is 0.635. The van der Waals surface area contributed by atoms with Crippen molar-refractivity contribution in [3.8, 4) is 0 Å². The van der Waals surface area contributed by atoms with Gasteiger partial charge in [-0.3, -0.25) is 4.90 Å². The van der Waals surface area contributed by atoms with Crippen LogP contribution in [-0.2, 0) is 0 Å². The number of rotatable bonds is 4. The van der Waals surface area contributed by atoms with E-state index in [2.05, 4.69) is 30.6 Å². The lowest BCUT2D eigenvalue weighted by atomic mass is 9.80. The van der Waals surface area contributed by atoms with Crippen molar-refractivity contribution < 1.29 is 0 Å². The molecule has 0 spiro atoms. The van der Waals surface area contributed by atoms with Gasteiger partial charge in [-0.05, 0) is 63.1 Å². The van der Waals surface area contributed by atoms with E-state index in [1.807, 2.05) is 0 Å². The molecule has 0 bridgehead atoms. The monoisotopic (exact) mass is 281 g/mol. The lowest BCUT2D eigenvalue weighted by Gasteiger charge is -2.38. The normalized spacial score (nSPS) is 35.7. The highest BCUT2D eigenvalue weighted by Gasteiger charge is 2.29. The molecule has 2 fully saturated rings. The van der Waals surface area contributed by atoms with Crippen molar-refractivity contribution in [2.24, 2.45) is 23.5 Å². The lowest BCUT2D eigenvalue weighted by Crippen LogP contribution is -2.42. The van der Waals surface area contributed by atoms with Gasteiger partial charge in [-0.25, -0.2) is 0 Å². The van der Waals surface area contributed by atoms with E-state index in [0.717, 1.165) is 24.4 Å². The van der Waals surface area contributed by atoms with Gasteiger partial charge >= 0.3 is 0 Å². The van der Waals surface area contributed by atoms with Crippen molar-refractivity contribution >= 4 is 0 Å². The van der Waals surface area contributed by atoms with Gasteiger partial charge in [0.25, 0.3) is 0 Å². The zero-order valence-corrected chi connectivity index (χ0v) is 13.9. The predicted octanol–water partition coefficient (Wildman–Crippen LogP) is 2.41. The van der Waals surface area contributed by atoms with Crippen LogP contribution in [-0.4, -0.2) is 55.1 Å². The first-order valence-electron chi connectivity index (χ1n) is 8.75. The molecule has 1 saturated carbocycles. The van der Waals surface area contributed by atoms with Crippen LogP contribution in [0.5, 0.6) is 0 Å². The van der Waals surface area contributed by atoms with Crippen molar-refractivity contribution in [2.45, 2.75) is 52.5 Å². The highest BCUT2D eigenvalue weighted by molar-refractivity contribution is 4.84. The van der Waals surface area contributed by atoms with Crippen LogP contribution in [0, 0.1) is 17.8 Å². The van der Waals surface area contributed by atoms with E-state index in [4.69, 9.17) is 5.73 Å². The minimum absolute atomic E-state index is 0.635. The third-order valence-electron chi connectivity index (χ3n) is 5.27. The summed E-state index contributed by atoms with van der Waals surface area (Å²) in [5.41, 5.74) is 5.77. The average Bonchev–Trinajstić information content (AvgIpc) is 2.63. The Labute approximate surface area is 125 Å². The Kier molecular flexibility index (Phi) is 6.31. The molecule has 0 aromatic heterocycles. The zero-order chi connectivity index (χ0) is 14.5. The van der Waals surface area contributed by atoms with Gasteiger partial charge in [-0.15, -0.1) is 0 Å². The van der Waals surface area contributed by atoms with Crippen LogP contribution < -0.4 is 5.73 Å². The van der Waals surface area contributed by atoms with E-state index in [0.29, 0.717) is 5.92 Å². The molecule has 0 aromatic rings. The molecule has 0 radical (unpaired) electrons. The summed E-state index contributed by atoms with van der Waals surface area (Å²) in [7, 11) is 0. The quantitative estimate of drug-likeness (QED) is 0.859. The number of hydrogen-bond donors (Lipinski definition) is 1. The molecule has 2 rings (SSSR count). The van der Waals surface area contributed by atoms with Gasteiger partial charge in [0.2, 0.25) is 0 Å². The maximum atomic E-state index is 5.77. The minimum Gasteiger partial charge on any atom is -0.330 e. The smallest absolute Gasteiger partial charge is 0.0112 e. The van der Waals surface area contributed by atoms with Crippen molar-refractivity contribution in [3.05, 3.63) is 0 Å². The Morgan fingerprint density at radius 1 is 1.00 bits per heavy atom. The van der Waals surface area contributed by atoms with Gasteiger partial charge in [-0.2, -0.15) is 0 Å². The fourth-order valence-corrected chi connectivity index (χ4v) is 4.26. The fourth-order valence-electron chi connectivity index (χ4n) is 4.26. The molecule has 0 amide bonds. The SMILES string of the molecule is CC1CC(C)CC(N2CCCN(CC(C)CN)CC2)C1. The summed E-state index contributed by atoms with van der Waals surface area (Å²) in [6.07, 6.45) is 5.61. The molecular formula is C17H35N3. The molecule has 20 heavy (non-hydrogen) atoms. The Bertz CT molecular complexity index is 271. The number of nitrogens with two attached hydrogens (primary N) is 1. The van der Waals surface area contributed by atoms with E-state index in [1.165, 1.54) is 58.4 Å². The first kappa shape index (κ1) is 16.3. The van der Waals surface area contributed by atoms with Gasteiger partial charge in [0, 0.05) is 25.7 Å². The predicted molar refractivity (Wildman–Crippen MR) is 86.8 cm³/mol. The van der Waals surface area contributed by atoms with Gasteiger partial charge in [0.1, 0.15) is 0 Å². The molecule has 3 atom stereocenters. The first-order valence-corrected chi connectivity index (χ1v) is 8.75. The average molecular weight is 281 g/mol. The Hall–Kier alpha value is -0.120. The summed E-state index contributed by atoms with van der Waals surface area (Å²) in [5, 5.41) is 0. The standard InChI is InChI=1S/C17H35N3/c1-14-9-15(2)11-17(10-14)20-6-4-5-19(7-8-20)13-16(3)12-18/h14-17H,4-13,18H2,1-3H3. The van der Waals surface area contributed by atoms with Gasteiger partial charge < -0.3 is 10.6 Å². The summed E-state index contributed by atoms with van der Waals surface area (Å²) in [4.78, 5) is 5.42. The third kappa shape index (κ3) is 4.71. The number of nitrogens with zero attached hydrogens (tertiary/aromatic N) is 2. The van der Waals surface area contributed by atoms with Crippen molar-refractivity contribution in [1.82, 2.24) is 9.80 Å². The van der Waals surface area contributed by atoms with Crippen LogP contribution in [0.15, 0.2) is 0 Å². The van der Waals surface area contributed by atoms with Crippen LogP contribution in [0.25, 0.3) is 0 Å². The highest BCUT2D eigenvalue weighted by Crippen LogP contribution is 2.31. The molecule has 3 heteroatoms. The van der Waals surface area contributed by atoms with E-state index in [1.54, 1.807) is 0 Å². The van der Waals surface area contributed by atoms with Gasteiger partial charge in [0.05, 0.1) is 0 Å². The first-order chi connectivity index (χ1) is 9.58. The van der Waals surface area contributed by atoms with E-state index >= 15 is 0 Å². The van der Waals surface area contributed by atoms with Crippen molar-refractivity contribution in [1.29, 1.82) is 0 Å². The third-order valence-corrected chi connectivity index (χ3v) is 5.27. The van der Waals surface area contributed by atoms with Crippen LogP contribution in [0.3, 0.4) is 0 Å². The summed E-state index contributed by atoms with van der Waals surface area (Å²) in [5.74, 6) is 2.47. The molecule has 2 N–H and O–H groups in total. The lowest BCUT2D eigenvalue weighted by molar-refractivity contribution is 0.111. The molecule has 1 saturated heterocycles. The largest absolute Gasteiger partial charge is 0.330 e. The van der Waals surface area contributed by atoms with Crippen LogP contribution in [0.1, 0.15) is 46.5 Å². The Morgan fingerprint density at radius 3 is 2.35 bits per heavy atom. The van der Waals surface area contributed by atoms with Crippen LogP contribution in [0.2, 0.25) is 0 Å². The van der Waals surface area contributed by atoms with E-state index in [-0.39, 0.29) is 0 Å². The number of hydrogen-bond acceptors (Lipinski definition) is 3. The second kappa shape index (κ2) is 7.77. The molecule has 0 aromatic carbocycles. The molecule has 1 heterocycles. The summed E-state index contributed by atoms with van der Waals surface area (Å²) >= 11 is 0. The second-order valence-corrected chi connectivity index (χ2v) is 7.60. The Morgan fingerprint density at radius 2 is 1.70 bits per heavy atom. The second-order valence-electron chi connectivity index (χ2n) is 7.60. The molecular weight excluding hydrogens is 246 g/mol. The summed E-state index contributed by atoms with van der Waals surface area (Å²) in [6.45, 7) is 14.2. The molecule has 3 nitrogen and oxygen atoms in total. The zero-order valence-electron chi connectivity index (χ0n) is 13.9. The van der Waals surface area contributed by atoms with Crippen LogP contribution in [0.4, 0.5) is 0 Å². The highest BCUT2D eigenvalue weighted by atomic mass is 15.2. The summed E-state index contributed by atoms with van der Waals surface area (Å²) < 4.78 is 0. The van der Waals surface area contributed by atoms with E-state index in [9.17, 15) is 0 Å². The summed E-state index contributed by atoms with van der Waals surface area (Å²) in [6, 6.07) is 0.848. The topological polar surface area (TPSA) is 32.5 Å². The van der Waals surface area contributed by atoms with Crippen molar-refractivity contribution in [3.63, 3.8) is 0 Å². The Balaban J connectivity index is 1.82. The van der Waals surface area contributed by atoms with E-state index < -0.39 is 0 Å². The maximum Gasteiger partial charge on any atom is 0.0112 e. The maximum absolute atomic E-state index is 5.77. The van der Waals surface area contributed by atoms with Crippen LogP contribution >= 0.6 is 0 Å². The molecule has 1 aliphatic carbocycles. The molecule has 3 unspecified atom stereocenters. The fraction of sp³-hybridized carbons (Fsp3) is 1.00. The van der Waals surface area contributed by atoms with Gasteiger partial charge in [0.15, 0.2) is 0 Å². The molecule has 1 aliphatic heterocycles.